The third-order valence-electron chi connectivity index (χ3n) is 2.99. The minimum Gasteiger partial charge on any atom is -0.295 e. The van der Waals surface area contributed by atoms with Gasteiger partial charge in [0.05, 0.1) is 4.47 Å². The van der Waals surface area contributed by atoms with Crippen LogP contribution in [0.25, 0.3) is 0 Å². The van der Waals surface area contributed by atoms with Crippen LogP contribution in [-0.4, -0.2) is 16.4 Å². The van der Waals surface area contributed by atoms with E-state index in [1.54, 1.807) is 12.4 Å². The summed E-state index contributed by atoms with van der Waals surface area (Å²) in [6.45, 7) is 4.74. The summed E-state index contributed by atoms with van der Waals surface area (Å²) >= 11 is 3.22. The van der Waals surface area contributed by atoms with E-state index in [4.69, 9.17) is 0 Å². The van der Waals surface area contributed by atoms with Gasteiger partial charge >= 0.3 is 0 Å². The Kier molecular flexibility index (Phi) is 5.05. The minimum absolute atomic E-state index is 0.221. The lowest BCUT2D eigenvalue weighted by Crippen LogP contribution is -2.22. The summed E-state index contributed by atoms with van der Waals surface area (Å²) in [5.74, 6) is -0.221. The van der Waals surface area contributed by atoms with Crippen LogP contribution in [0.3, 0.4) is 0 Å². The number of pyridine rings is 1. The zero-order valence-corrected chi connectivity index (χ0v) is 12.4. The monoisotopic (exact) mass is 322 g/mol. The van der Waals surface area contributed by atoms with Crippen LogP contribution in [0.2, 0.25) is 0 Å². The lowest BCUT2D eigenvalue weighted by molar-refractivity contribution is 0.271. The number of rotatable bonds is 5. The molecule has 19 heavy (non-hydrogen) atoms. The van der Waals surface area contributed by atoms with E-state index in [0.29, 0.717) is 4.47 Å². The summed E-state index contributed by atoms with van der Waals surface area (Å²) in [5.41, 5.74) is 2.34. The Labute approximate surface area is 121 Å². The molecule has 0 saturated carbocycles. The van der Waals surface area contributed by atoms with Crippen molar-refractivity contribution in [1.29, 1.82) is 0 Å². The molecule has 0 aliphatic carbocycles. The van der Waals surface area contributed by atoms with E-state index in [0.717, 1.165) is 25.2 Å². The van der Waals surface area contributed by atoms with Gasteiger partial charge in [0, 0.05) is 25.5 Å². The Morgan fingerprint density at radius 1 is 1.11 bits per heavy atom. The van der Waals surface area contributed by atoms with Gasteiger partial charge in [0.2, 0.25) is 0 Å². The smallest absolute Gasteiger partial charge is 0.137 e. The Hall–Kier alpha value is -1.26. The molecule has 0 unspecified atom stereocenters. The van der Waals surface area contributed by atoms with Crippen molar-refractivity contribution in [2.75, 3.05) is 6.54 Å². The van der Waals surface area contributed by atoms with Gasteiger partial charge in [-0.1, -0.05) is 13.0 Å². The molecule has 0 amide bonds. The normalized spacial score (nSPS) is 10.9. The van der Waals surface area contributed by atoms with Gasteiger partial charge in [-0.05, 0) is 57.9 Å². The van der Waals surface area contributed by atoms with Crippen molar-refractivity contribution in [3.63, 3.8) is 0 Å². The van der Waals surface area contributed by atoms with E-state index in [1.165, 1.54) is 11.6 Å². The molecule has 1 heterocycles. The van der Waals surface area contributed by atoms with Crippen molar-refractivity contribution in [1.82, 2.24) is 9.88 Å². The van der Waals surface area contributed by atoms with Crippen molar-refractivity contribution in [3.05, 3.63) is 64.1 Å². The topological polar surface area (TPSA) is 16.1 Å². The summed E-state index contributed by atoms with van der Waals surface area (Å²) in [4.78, 5) is 6.32. The number of hydrogen-bond acceptors (Lipinski definition) is 2. The molecule has 0 fully saturated rings. The zero-order valence-electron chi connectivity index (χ0n) is 10.8. The SMILES string of the molecule is CCN(Cc1ccncc1)Cc1ccc(F)c(Br)c1. The van der Waals surface area contributed by atoms with Crippen LogP contribution in [0.5, 0.6) is 0 Å². The summed E-state index contributed by atoms with van der Waals surface area (Å²) in [6, 6.07) is 9.20. The molecule has 0 bridgehead atoms. The highest BCUT2D eigenvalue weighted by Crippen LogP contribution is 2.18. The lowest BCUT2D eigenvalue weighted by Gasteiger charge is -2.20. The van der Waals surface area contributed by atoms with Gasteiger partial charge < -0.3 is 0 Å². The standard InChI is InChI=1S/C15H16BrFN2/c1-2-19(10-12-5-7-18-8-6-12)11-13-3-4-15(17)14(16)9-13/h3-9H,2,10-11H2,1H3. The molecule has 0 aliphatic heterocycles. The molecule has 0 spiro atoms. The van der Waals surface area contributed by atoms with Crippen molar-refractivity contribution in [2.24, 2.45) is 0 Å². The maximum atomic E-state index is 13.2. The summed E-state index contributed by atoms with van der Waals surface area (Å²) < 4.78 is 13.7. The van der Waals surface area contributed by atoms with E-state index < -0.39 is 0 Å². The van der Waals surface area contributed by atoms with E-state index in [-0.39, 0.29) is 5.82 Å². The second-order valence-corrected chi connectivity index (χ2v) is 5.26. The highest BCUT2D eigenvalue weighted by Gasteiger charge is 2.07. The first kappa shape index (κ1) is 14.2. The first-order chi connectivity index (χ1) is 9.19. The summed E-state index contributed by atoms with van der Waals surface area (Å²) in [7, 11) is 0. The van der Waals surface area contributed by atoms with Gasteiger partial charge in [-0.2, -0.15) is 0 Å². The lowest BCUT2D eigenvalue weighted by atomic mass is 10.2. The Balaban J connectivity index is 2.04. The van der Waals surface area contributed by atoms with Crippen molar-refractivity contribution >= 4 is 15.9 Å². The Bertz CT molecular complexity index is 531. The molecule has 0 aliphatic rings. The predicted molar refractivity (Wildman–Crippen MR) is 78.1 cm³/mol. The average Bonchev–Trinajstić information content (AvgIpc) is 2.43. The summed E-state index contributed by atoms with van der Waals surface area (Å²) in [6.07, 6.45) is 3.61. The van der Waals surface area contributed by atoms with Crippen molar-refractivity contribution in [3.8, 4) is 0 Å². The molecular formula is C15H16BrFN2. The van der Waals surface area contributed by atoms with Gasteiger partial charge in [-0.25, -0.2) is 4.39 Å². The molecule has 1 aromatic heterocycles. The molecule has 0 radical (unpaired) electrons. The molecule has 0 atom stereocenters. The molecule has 4 heteroatoms. The third-order valence-corrected chi connectivity index (χ3v) is 3.60. The quantitative estimate of drug-likeness (QED) is 0.827. The van der Waals surface area contributed by atoms with E-state index in [1.807, 2.05) is 24.3 Å². The highest BCUT2D eigenvalue weighted by molar-refractivity contribution is 9.10. The van der Waals surface area contributed by atoms with E-state index >= 15 is 0 Å². The Morgan fingerprint density at radius 3 is 2.42 bits per heavy atom. The zero-order chi connectivity index (χ0) is 13.7. The fourth-order valence-corrected chi connectivity index (χ4v) is 2.35. The van der Waals surface area contributed by atoms with Crippen molar-refractivity contribution in [2.45, 2.75) is 20.0 Å². The van der Waals surface area contributed by atoms with Gasteiger partial charge in [-0.15, -0.1) is 0 Å². The van der Waals surface area contributed by atoms with Crippen LogP contribution in [0.15, 0.2) is 47.2 Å². The maximum Gasteiger partial charge on any atom is 0.137 e. The third kappa shape index (κ3) is 4.11. The molecule has 100 valence electrons. The Morgan fingerprint density at radius 2 is 1.79 bits per heavy atom. The summed E-state index contributed by atoms with van der Waals surface area (Å²) in [5, 5.41) is 0. The second kappa shape index (κ2) is 6.78. The van der Waals surface area contributed by atoms with Crippen LogP contribution >= 0.6 is 15.9 Å². The van der Waals surface area contributed by atoms with Crippen LogP contribution in [0.4, 0.5) is 4.39 Å². The average molecular weight is 323 g/mol. The number of halogens is 2. The van der Waals surface area contributed by atoms with Crippen LogP contribution in [-0.2, 0) is 13.1 Å². The maximum absolute atomic E-state index is 13.2. The van der Waals surface area contributed by atoms with Crippen LogP contribution < -0.4 is 0 Å². The fraction of sp³-hybridized carbons (Fsp3) is 0.267. The second-order valence-electron chi connectivity index (χ2n) is 4.41. The fourth-order valence-electron chi connectivity index (χ4n) is 1.92. The molecule has 2 aromatic rings. The first-order valence-corrected chi connectivity index (χ1v) is 7.03. The highest BCUT2D eigenvalue weighted by atomic mass is 79.9. The van der Waals surface area contributed by atoms with E-state index in [2.05, 4.69) is 32.7 Å². The largest absolute Gasteiger partial charge is 0.295 e. The van der Waals surface area contributed by atoms with Gasteiger partial charge in [0.25, 0.3) is 0 Å². The molecule has 1 aromatic carbocycles. The molecule has 0 saturated heterocycles. The number of nitrogens with zero attached hydrogens (tertiary/aromatic N) is 2. The molecule has 0 N–H and O–H groups in total. The van der Waals surface area contributed by atoms with Crippen molar-refractivity contribution < 1.29 is 4.39 Å². The molecule has 2 rings (SSSR count). The van der Waals surface area contributed by atoms with Gasteiger partial charge in [-0.3, -0.25) is 9.88 Å². The predicted octanol–water partition coefficient (Wildman–Crippen LogP) is 4.01. The molecular weight excluding hydrogens is 307 g/mol. The minimum atomic E-state index is -0.221. The van der Waals surface area contributed by atoms with E-state index in [9.17, 15) is 4.39 Å². The van der Waals surface area contributed by atoms with Crippen LogP contribution in [0, 0.1) is 5.82 Å². The van der Waals surface area contributed by atoms with Gasteiger partial charge in [0.1, 0.15) is 5.82 Å². The van der Waals surface area contributed by atoms with Gasteiger partial charge in [0.15, 0.2) is 0 Å². The number of benzene rings is 1. The number of aromatic nitrogens is 1. The first-order valence-electron chi connectivity index (χ1n) is 6.24. The van der Waals surface area contributed by atoms with Crippen LogP contribution in [0.1, 0.15) is 18.1 Å². The molecule has 2 nitrogen and oxygen atoms in total. The number of hydrogen-bond donors (Lipinski definition) is 0.